The fourth-order valence-corrected chi connectivity index (χ4v) is 1.84. The summed E-state index contributed by atoms with van der Waals surface area (Å²) in [6.07, 6.45) is 0.356. The van der Waals surface area contributed by atoms with E-state index in [4.69, 9.17) is 20.5 Å². The maximum atomic E-state index is 11.8. The van der Waals surface area contributed by atoms with E-state index in [1.165, 1.54) is 7.11 Å². The molecule has 108 valence electrons. The number of nitrogens with two attached hydrogens (primary N) is 1. The zero-order chi connectivity index (χ0) is 15.0. The van der Waals surface area contributed by atoms with Crippen LogP contribution in [0.2, 0.25) is 0 Å². The maximum Gasteiger partial charge on any atom is 0.340 e. The molecule has 0 radical (unpaired) electrons. The third-order valence-corrected chi connectivity index (χ3v) is 2.83. The number of hydrogen-bond donors (Lipinski definition) is 1. The zero-order valence-corrected chi connectivity index (χ0v) is 11.8. The van der Waals surface area contributed by atoms with Crippen molar-refractivity contribution in [3.8, 4) is 6.07 Å². The minimum Gasteiger partial charge on any atom is -0.465 e. The van der Waals surface area contributed by atoms with Crippen LogP contribution in [0.15, 0.2) is 18.2 Å². The van der Waals surface area contributed by atoms with Gasteiger partial charge in [0.25, 0.3) is 0 Å². The van der Waals surface area contributed by atoms with E-state index in [0.717, 1.165) is 0 Å². The van der Waals surface area contributed by atoms with Crippen LogP contribution >= 0.6 is 0 Å². The molecule has 1 aromatic carbocycles. The Morgan fingerprint density at radius 1 is 1.40 bits per heavy atom. The van der Waals surface area contributed by atoms with Crippen LogP contribution in [0.4, 0.5) is 11.4 Å². The lowest BCUT2D eigenvalue weighted by Crippen LogP contribution is -2.30. The Morgan fingerprint density at radius 3 is 2.75 bits per heavy atom. The van der Waals surface area contributed by atoms with Gasteiger partial charge in [-0.2, -0.15) is 5.26 Å². The van der Waals surface area contributed by atoms with E-state index in [-0.39, 0.29) is 0 Å². The molecular formula is C14H19N3O3. The van der Waals surface area contributed by atoms with E-state index >= 15 is 0 Å². The predicted octanol–water partition coefficient (Wildman–Crippen LogP) is 1.42. The number of nitrogen functional groups attached to an aromatic ring is 1. The summed E-state index contributed by atoms with van der Waals surface area (Å²) in [5.74, 6) is -0.452. The first kappa shape index (κ1) is 15.8. The number of rotatable bonds is 7. The summed E-state index contributed by atoms with van der Waals surface area (Å²) >= 11 is 0. The highest BCUT2D eigenvalue weighted by molar-refractivity contribution is 5.97. The second-order valence-electron chi connectivity index (χ2n) is 4.16. The van der Waals surface area contributed by atoms with E-state index in [1.807, 2.05) is 4.90 Å². The van der Waals surface area contributed by atoms with Gasteiger partial charge in [-0.15, -0.1) is 0 Å². The van der Waals surface area contributed by atoms with Gasteiger partial charge in [-0.1, -0.05) is 0 Å². The predicted molar refractivity (Wildman–Crippen MR) is 76.5 cm³/mol. The molecule has 0 aliphatic carbocycles. The molecule has 0 fully saturated rings. The Morgan fingerprint density at radius 2 is 2.15 bits per heavy atom. The van der Waals surface area contributed by atoms with Crippen LogP contribution in [-0.2, 0) is 9.47 Å². The number of esters is 1. The molecule has 6 heteroatoms. The fourth-order valence-electron chi connectivity index (χ4n) is 1.84. The number of ether oxygens (including phenoxy) is 2. The summed E-state index contributed by atoms with van der Waals surface area (Å²) < 4.78 is 9.83. The van der Waals surface area contributed by atoms with Crippen molar-refractivity contribution >= 4 is 17.3 Å². The molecule has 6 nitrogen and oxygen atoms in total. The minimum atomic E-state index is -0.452. The second-order valence-corrected chi connectivity index (χ2v) is 4.16. The van der Waals surface area contributed by atoms with Gasteiger partial charge < -0.3 is 20.1 Å². The van der Waals surface area contributed by atoms with Gasteiger partial charge in [-0.05, 0) is 18.2 Å². The highest BCUT2D eigenvalue weighted by Gasteiger charge is 2.17. The molecule has 0 aliphatic heterocycles. The van der Waals surface area contributed by atoms with Crippen molar-refractivity contribution in [1.29, 1.82) is 5.26 Å². The summed E-state index contributed by atoms with van der Waals surface area (Å²) in [4.78, 5) is 13.8. The molecule has 0 spiro atoms. The van der Waals surface area contributed by atoms with Crippen LogP contribution in [0.5, 0.6) is 0 Å². The molecule has 2 N–H and O–H groups in total. The number of carbonyl (C=O) groups excluding carboxylic acids is 1. The molecule has 0 saturated carbocycles. The van der Waals surface area contributed by atoms with Crippen LogP contribution in [-0.4, -0.2) is 39.9 Å². The SMILES string of the molecule is COCCN(CCC#N)c1ccc(N)cc1C(=O)OC. The molecule has 0 amide bonds. The van der Waals surface area contributed by atoms with Crippen LogP contribution in [0.25, 0.3) is 0 Å². The number of carbonyl (C=O) groups is 1. The average molecular weight is 277 g/mol. The molecular weight excluding hydrogens is 258 g/mol. The third-order valence-electron chi connectivity index (χ3n) is 2.83. The molecule has 0 aliphatic rings. The van der Waals surface area contributed by atoms with Crippen LogP contribution in [0, 0.1) is 11.3 Å². The Labute approximate surface area is 118 Å². The average Bonchev–Trinajstić information content (AvgIpc) is 2.47. The number of hydrogen-bond acceptors (Lipinski definition) is 6. The van der Waals surface area contributed by atoms with Crippen molar-refractivity contribution in [3.63, 3.8) is 0 Å². The molecule has 1 aromatic rings. The van der Waals surface area contributed by atoms with Gasteiger partial charge in [0, 0.05) is 25.9 Å². The number of benzene rings is 1. The quantitative estimate of drug-likeness (QED) is 0.599. The van der Waals surface area contributed by atoms with Gasteiger partial charge in [-0.3, -0.25) is 0 Å². The Kier molecular flexibility index (Phi) is 6.33. The number of nitriles is 1. The normalized spacial score (nSPS) is 9.85. The summed E-state index contributed by atoms with van der Waals surface area (Å²) in [7, 11) is 2.93. The Balaban J connectivity index is 3.10. The van der Waals surface area contributed by atoms with Crippen molar-refractivity contribution in [1.82, 2.24) is 0 Å². The molecule has 1 rings (SSSR count). The van der Waals surface area contributed by atoms with Crippen molar-refractivity contribution in [2.45, 2.75) is 6.42 Å². The zero-order valence-electron chi connectivity index (χ0n) is 11.8. The molecule has 0 saturated heterocycles. The van der Waals surface area contributed by atoms with Crippen LogP contribution in [0.3, 0.4) is 0 Å². The van der Waals surface area contributed by atoms with Gasteiger partial charge in [-0.25, -0.2) is 4.79 Å². The van der Waals surface area contributed by atoms with Crippen molar-refractivity contribution < 1.29 is 14.3 Å². The highest BCUT2D eigenvalue weighted by atomic mass is 16.5. The summed E-state index contributed by atoms with van der Waals surface area (Å²) in [6.45, 7) is 1.58. The smallest absolute Gasteiger partial charge is 0.340 e. The number of methoxy groups -OCH3 is 2. The minimum absolute atomic E-state index is 0.356. The number of anilines is 2. The van der Waals surface area contributed by atoms with Gasteiger partial charge in [0.15, 0.2) is 0 Å². The molecule has 0 heterocycles. The lowest BCUT2D eigenvalue weighted by Gasteiger charge is -2.25. The lowest BCUT2D eigenvalue weighted by atomic mass is 10.1. The van der Waals surface area contributed by atoms with E-state index in [2.05, 4.69) is 6.07 Å². The van der Waals surface area contributed by atoms with E-state index in [1.54, 1.807) is 25.3 Å². The molecule has 0 atom stereocenters. The van der Waals surface area contributed by atoms with E-state index < -0.39 is 5.97 Å². The molecule has 0 aromatic heterocycles. The second kappa shape index (κ2) is 8.02. The van der Waals surface area contributed by atoms with Crippen LogP contribution < -0.4 is 10.6 Å². The highest BCUT2D eigenvalue weighted by Crippen LogP contribution is 2.24. The summed E-state index contributed by atoms with van der Waals surface area (Å²) in [5, 5.41) is 8.74. The number of nitrogens with zero attached hydrogens (tertiary/aromatic N) is 2. The van der Waals surface area contributed by atoms with E-state index in [9.17, 15) is 4.79 Å². The van der Waals surface area contributed by atoms with Crippen LogP contribution in [0.1, 0.15) is 16.8 Å². The van der Waals surface area contributed by atoms with Gasteiger partial charge in [0.2, 0.25) is 0 Å². The van der Waals surface area contributed by atoms with E-state index in [0.29, 0.717) is 43.1 Å². The molecule has 20 heavy (non-hydrogen) atoms. The Hall–Kier alpha value is -2.26. The van der Waals surface area contributed by atoms with Crippen molar-refractivity contribution in [3.05, 3.63) is 23.8 Å². The maximum absolute atomic E-state index is 11.8. The first-order valence-corrected chi connectivity index (χ1v) is 6.22. The topological polar surface area (TPSA) is 88.6 Å². The first-order chi connectivity index (χ1) is 9.63. The fraction of sp³-hybridized carbons (Fsp3) is 0.429. The monoisotopic (exact) mass is 277 g/mol. The lowest BCUT2D eigenvalue weighted by molar-refractivity contribution is 0.0601. The molecule has 0 unspecified atom stereocenters. The third kappa shape index (κ3) is 4.14. The summed E-state index contributed by atoms with van der Waals surface area (Å²) in [6, 6.07) is 7.15. The van der Waals surface area contributed by atoms with Crippen molar-refractivity contribution in [2.24, 2.45) is 0 Å². The van der Waals surface area contributed by atoms with Gasteiger partial charge >= 0.3 is 5.97 Å². The van der Waals surface area contributed by atoms with Gasteiger partial charge in [0.05, 0.1) is 37.5 Å². The first-order valence-electron chi connectivity index (χ1n) is 6.22. The van der Waals surface area contributed by atoms with Crippen molar-refractivity contribution in [2.75, 3.05) is 44.5 Å². The summed E-state index contributed by atoms with van der Waals surface area (Å²) in [5.41, 5.74) is 7.29. The molecule has 0 bridgehead atoms. The Bertz CT molecular complexity index is 497. The largest absolute Gasteiger partial charge is 0.465 e. The standard InChI is InChI=1S/C14H19N3O3/c1-19-9-8-17(7-3-6-15)13-5-4-11(16)10-12(13)14(18)20-2/h4-5,10H,3,7-9,16H2,1-2H3. The van der Waals surface area contributed by atoms with Gasteiger partial charge in [0.1, 0.15) is 0 Å².